The molecule has 1 amide bonds. The Morgan fingerprint density at radius 1 is 1.18 bits per heavy atom. The van der Waals surface area contributed by atoms with Gasteiger partial charge in [0.25, 0.3) is 11.8 Å². The van der Waals surface area contributed by atoms with Gasteiger partial charge in [0, 0.05) is 36.8 Å². The van der Waals surface area contributed by atoms with E-state index in [1.807, 2.05) is 18.2 Å². The molecule has 1 aliphatic heterocycles. The van der Waals surface area contributed by atoms with Crippen molar-refractivity contribution in [2.45, 2.75) is 45.2 Å². The number of carbonyl (C=O) groups excluding carboxylic acids is 1. The van der Waals surface area contributed by atoms with Gasteiger partial charge in [-0.05, 0) is 37.5 Å². The molecular formula is C25H27N11O2. The Labute approximate surface area is 218 Å². The number of nitriles is 1. The largest absolute Gasteiger partial charge is 0.403 e. The van der Waals surface area contributed by atoms with Crippen molar-refractivity contribution in [2.75, 3.05) is 28.6 Å². The Morgan fingerprint density at radius 2 is 2.03 bits per heavy atom. The lowest BCUT2D eigenvalue weighted by molar-refractivity contribution is 0.100. The summed E-state index contributed by atoms with van der Waals surface area (Å²) in [6.45, 7) is 5.74. The maximum atomic E-state index is 12.4. The fourth-order valence-corrected chi connectivity index (χ4v) is 4.86. The fourth-order valence-electron chi connectivity index (χ4n) is 4.86. The van der Waals surface area contributed by atoms with Crippen LogP contribution in [0.5, 0.6) is 0 Å². The zero-order valence-electron chi connectivity index (χ0n) is 21.0. The third-order valence-corrected chi connectivity index (χ3v) is 7.12. The van der Waals surface area contributed by atoms with Gasteiger partial charge >= 0.3 is 6.01 Å². The van der Waals surface area contributed by atoms with Gasteiger partial charge in [-0.15, -0.1) is 15.3 Å². The van der Waals surface area contributed by atoms with E-state index in [0.29, 0.717) is 46.8 Å². The predicted octanol–water partition coefficient (Wildman–Crippen LogP) is 2.44. The van der Waals surface area contributed by atoms with E-state index < -0.39 is 5.91 Å². The van der Waals surface area contributed by atoms with E-state index in [1.54, 1.807) is 16.8 Å². The van der Waals surface area contributed by atoms with Gasteiger partial charge in [-0.2, -0.15) is 10.4 Å². The lowest BCUT2D eigenvalue weighted by Gasteiger charge is -2.45. The Balaban J connectivity index is 1.28. The maximum Gasteiger partial charge on any atom is 0.315 e. The monoisotopic (exact) mass is 513 g/mol. The summed E-state index contributed by atoms with van der Waals surface area (Å²) in [6, 6.07) is 8.16. The highest BCUT2D eigenvalue weighted by atomic mass is 16.4. The zero-order valence-corrected chi connectivity index (χ0v) is 21.0. The van der Waals surface area contributed by atoms with Crippen LogP contribution in [-0.2, 0) is 0 Å². The highest BCUT2D eigenvalue weighted by molar-refractivity contribution is 6.02. The quantitative estimate of drug-likeness (QED) is 0.331. The van der Waals surface area contributed by atoms with Crippen LogP contribution in [0.1, 0.15) is 49.2 Å². The Kier molecular flexibility index (Phi) is 5.59. The first-order valence-corrected chi connectivity index (χ1v) is 12.5. The summed E-state index contributed by atoms with van der Waals surface area (Å²) in [7, 11) is 0. The highest BCUT2D eigenvalue weighted by Crippen LogP contribution is 2.36. The number of aromatic nitrogens is 6. The van der Waals surface area contributed by atoms with Crippen LogP contribution in [-0.4, -0.2) is 61.1 Å². The molecule has 6 rings (SSSR count). The van der Waals surface area contributed by atoms with Gasteiger partial charge in [-0.25, -0.2) is 4.52 Å². The van der Waals surface area contributed by atoms with Crippen LogP contribution in [0, 0.1) is 16.7 Å². The zero-order chi connectivity index (χ0) is 26.4. The Morgan fingerprint density at radius 3 is 2.71 bits per heavy atom. The van der Waals surface area contributed by atoms with E-state index >= 15 is 0 Å². The molecule has 1 saturated carbocycles. The molecule has 1 atom stereocenters. The summed E-state index contributed by atoms with van der Waals surface area (Å²) in [5, 5.41) is 36.6. The van der Waals surface area contributed by atoms with E-state index in [0.717, 1.165) is 31.6 Å². The van der Waals surface area contributed by atoms with Crippen LogP contribution in [0.15, 0.2) is 35.0 Å². The molecule has 13 heteroatoms. The minimum Gasteiger partial charge on any atom is -0.403 e. The van der Waals surface area contributed by atoms with Crippen molar-refractivity contribution in [3.8, 4) is 17.5 Å². The highest BCUT2D eigenvalue weighted by Gasteiger charge is 2.37. The summed E-state index contributed by atoms with van der Waals surface area (Å²) >= 11 is 0. The van der Waals surface area contributed by atoms with Crippen molar-refractivity contribution in [3.05, 3.63) is 41.9 Å². The lowest BCUT2D eigenvalue weighted by atomic mass is 9.78. The van der Waals surface area contributed by atoms with Gasteiger partial charge in [0.05, 0.1) is 28.5 Å². The standard InChI is InChI=1S/C25H27N11O2/c1-25(2)13-35(20-6-5-16(10-26)31-32-20)8-7-19(25)30-21-17(22(27)37)11-28-36-12-14(9-18(21)36)23-33-34-24(38-23)29-15-3-4-15/h5-6,9,11-12,15,19,30H,3-4,7-8,13H2,1-2H3,(H2,27,37)(H,29,34)/t19-/m1/s1. The molecule has 0 unspecified atom stereocenters. The second kappa shape index (κ2) is 8.98. The van der Waals surface area contributed by atoms with Crippen LogP contribution in [0.2, 0.25) is 0 Å². The molecule has 0 bridgehead atoms. The molecule has 13 nitrogen and oxygen atoms in total. The third-order valence-electron chi connectivity index (χ3n) is 7.12. The van der Waals surface area contributed by atoms with Gasteiger partial charge < -0.3 is 25.7 Å². The molecule has 1 aliphatic carbocycles. The van der Waals surface area contributed by atoms with Gasteiger partial charge in [0.1, 0.15) is 6.07 Å². The smallest absolute Gasteiger partial charge is 0.315 e. The van der Waals surface area contributed by atoms with Crippen molar-refractivity contribution < 1.29 is 9.21 Å². The molecule has 2 fully saturated rings. The number of anilines is 3. The van der Waals surface area contributed by atoms with E-state index in [9.17, 15) is 4.79 Å². The van der Waals surface area contributed by atoms with Gasteiger partial charge in [0.2, 0.25) is 0 Å². The number of nitrogens with two attached hydrogens (primary N) is 1. The molecule has 4 aromatic heterocycles. The van der Waals surface area contributed by atoms with Crippen LogP contribution in [0.4, 0.5) is 17.5 Å². The van der Waals surface area contributed by atoms with Crippen molar-refractivity contribution in [1.29, 1.82) is 5.26 Å². The number of rotatable bonds is 7. The number of carbonyl (C=O) groups is 1. The van der Waals surface area contributed by atoms with Crippen LogP contribution in [0.25, 0.3) is 17.0 Å². The number of primary amides is 1. The van der Waals surface area contributed by atoms with Crippen molar-refractivity contribution in [3.63, 3.8) is 0 Å². The normalized spacial score (nSPS) is 18.8. The predicted molar refractivity (Wildman–Crippen MR) is 138 cm³/mol. The number of piperidine rings is 1. The summed E-state index contributed by atoms with van der Waals surface area (Å²) in [5.74, 6) is 0.524. The van der Waals surface area contributed by atoms with E-state index in [1.165, 1.54) is 6.20 Å². The SMILES string of the molecule is CC1(C)CN(c2ccc(C#N)nn2)CC[C@H]1Nc1c(C(N)=O)cnn2cc(-c3nnc(NC4CC4)o3)cc12. The molecule has 0 radical (unpaired) electrons. The van der Waals surface area contributed by atoms with Crippen LogP contribution in [0.3, 0.4) is 0 Å². The first-order chi connectivity index (χ1) is 18.3. The molecule has 194 valence electrons. The molecule has 5 heterocycles. The summed E-state index contributed by atoms with van der Waals surface area (Å²) < 4.78 is 7.48. The van der Waals surface area contributed by atoms with Crippen LogP contribution >= 0.6 is 0 Å². The number of nitrogens with one attached hydrogen (secondary N) is 2. The first kappa shape index (κ1) is 23.7. The van der Waals surface area contributed by atoms with Gasteiger partial charge in [-0.1, -0.05) is 18.9 Å². The minimum absolute atomic E-state index is 0.0190. The van der Waals surface area contributed by atoms with E-state index in [-0.39, 0.29) is 17.2 Å². The first-order valence-electron chi connectivity index (χ1n) is 12.5. The van der Waals surface area contributed by atoms with Crippen LogP contribution < -0.4 is 21.3 Å². The molecule has 4 N–H and O–H groups in total. The summed E-state index contributed by atoms with van der Waals surface area (Å²) in [4.78, 5) is 14.5. The van der Waals surface area contributed by atoms with Gasteiger partial charge in [-0.3, -0.25) is 4.79 Å². The van der Waals surface area contributed by atoms with Crippen molar-refractivity contribution in [2.24, 2.45) is 11.1 Å². The Bertz CT molecular complexity index is 1550. The molecule has 0 spiro atoms. The number of hydrogen-bond donors (Lipinski definition) is 3. The summed E-state index contributed by atoms with van der Waals surface area (Å²) in [5.41, 5.74) is 8.11. The molecule has 38 heavy (non-hydrogen) atoms. The molecule has 4 aromatic rings. The number of amides is 1. The second-order valence-electron chi connectivity index (χ2n) is 10.5. The number of nitrogens with zero attached hydrogens (tertiary/aromatic N) is 8. The van der Waals surface area contributed by atoms with E-state index in [2.05, 4.69) is 54.9 Å². The van der Waals surface area contributed by atoms with Crippen molar-refractivity contribution in [1.82, 2.24) is 30.0 Å². The topological polar surface area (TPSA) is 176 Å². The average Bonchev–Trinajstić information content (AvgIpc) is 3.40. The minimum atomic E-state index is -0.568. The van der Waals surface area contributed by atoms with E-state index in [4.69, 9.17) is 15.4 Å². The number of hydrogen-bond acceptors (Lipinski definition) is 11. The number of fused-ring (bicyclic) bond motifs is 1. The van der Waals surface area contributed by atoms with Crippen molar-refractivity contribution >= 4 is 28.9 Å². The third kappa shape index (κ3) is 4.45. The maximum absolute atomic E-state index is 12.4. The Hall–Kier alpha value is -4.73. The summed E-state index contributed by atoms with van der Waals surface area (Å²) in [6.07, 6.45) is 6.23. The molecule has 1 saturated heterocycles. The lowest BCUT2D eigenvalue weighted by Crippen LogP contribution is -2.52. The second-order valence-corrected chi connectivity index (χ2v) is 10.5. The average molecular weight is 514 g/mol. The molecule has 2 aliphatic rings. The fraction of sp³-hybridized carbons (Fsp3) is 0.400. The van der Waals surface area contributed by atoms with Gasteiger partial charge in [0.15, 0.2) is 11.5 Å². The molecule has 0 aromatic carbocycles. The molecular weight excluding hydrogens is 486 g/mol.